The van der Waals surface area contributed by atoms with E-state index >= 15 is 0 Å². The SMILES string of the molecule is CC(=O)/C=C/c1c(-c2ccc(F)cc2)c2ccccc2n1C(C)C.CC(C)n1cc(-c2ccc(F)cc2)c2ccccc21. The van der Waals surface area contributed by atoms with Gasteiger partial charge in [-0.25, -0.2) is 8.78 Å². The summed E-state index contributed by atoms with van der Waals surface area (Å²) in [5.41, 5.74) is 7.47. The average Bonchev–Trinajstić information content (AvgIpc) is 3.54. The van der Waals surface area contributed by atoms with Crippen LogP contribution in [0.2, 0.25) is 0 Å². The van der Waals surface area contributed by atoms with E-state index in [2.05, 4.69) is 73.4 Å². The minimum atomic E-state index is -0.257. The van der Waals surface area contributed by atoms with E-state index in [9.17, 15) is 13.6 Å². The van der Waals surface area contributed by atoms with E-state index in [0.29, 0.717) is 6.04 Å². The van der Waals surface area contributed by atoms with Crippen molar-refractivity contribution < 1.29 is 13.6 Å². The summed E-state index contributed by atoms with van der Waals surface area (Å²) in [5, 5.41) is 2.31. The third-order valence-electron chi connectivity index (χ3n) is 7.53. The van der Waals surface area contributed by atoms with Crippen molar-refractivity contribution in [2.45, 2.75) is 46.7 Å². The van der Waals surface area contributed by atoms with Gasteiger partial charge in [0, 0.05) is 51.2 Å². The third kappa shape index (κ3) is 6.21. The molecule has 0 aliphatic heterocycles. The highest BCUT2D eigenvalue weighted by Gasteiger charge is 2.18. The van der Waals surface area contributed by atoms with Gasteiger partial charge in [-0.1, -0.05) is 60.7 Å². The van der Waals surface area contributed by atoms with Gasteiger partial charge in [-0.05, 0) is 94.3 Å². The summed E-state index contributed by atoms with van der Waals surface area (Å²) in [6.45, 7) is 10.1. The molecule has 0 fully saturated rings. The Morgan fingerprint density at radius 3 is 1.77 bits per heavy atom. The predicted molar refractivity (Wildman–Crippen MR) is 175 cm³/mol. The second kappa shape index (κ2) is 12.6. The van der Waals surface area contributed by atoms with Crippen molar-refractivity contribution in [3.63, 3.8) is 0 Å². The molecule has 2 aromatic heterocycles. The number of ketones is 1. The van der Waals surface area contributed by atoms with Crippen LogP contribution in [-0.4, -0.2) is 14.9 Å². The number of carbonyl (C=O) groups is 1. The highest BCUT2D eigenvalue weighted by molar-refractivity contribution is 6.02. The fourth-order valence-electron chi connectivity index (χ4n) is 5.61. The van der Waals surface area contributed by atoms with Gasteiger partial charge in [0.05, 0.1) is 5.69 Å². The molecule has 0 aliphatic carbocycles. The first-order valence-corrected chi connectivity index (χ1v) is 14.6. The summed E-state index contributed by atoms with van der Waals surface area (Å²) in [7, 11) is 0. The molecule has 3 nitrogen and oxygen atoms in total. The van der Waals surface area contributed by atoms with Gasteiger partial charge in [0.25, 0.3) is 0 Å². The van der Waals surface area contributed by atoms with Crippen LogP contribution in [0, 0.1) is 11.6 Å². The topological polar surface area (TPSA) is 26.9 Å². The molecule has 6 aromatic rings. The van der Waals surface area contributed by atoms with Crippen molar-refractivity contribution in [3.8, 4) is 22.3 Å². The Kier molecular flexibility index (Phi) is 8.72. The van der Waals surface area contributed by atoms with Crippen molar-refractivity contribution in [1.82, 2.24) is 9.13 Å². The molecule has 0 saturated heterocycles. The molecule has 218 valence electrons. The van der Waals surface area contributed by atoms with Crippen LogP contribution >= 0.6 is 0 Å². The lowest BCUT2D eigenvalue weighted by Crippen LogP contribution is -2.03. The zero-order valence-corrected chi connectivity index (χ0v) is 25.2. The van der Waals surface area contributed by atoms with E-state index in [1.54, 1.807) is 18.2 Å². The molecule has 0 N–H and O–H groups in total. The Morgan fingerprint density at radius 1 is 0.674 bits per heavy atom. The van der Waals surface area contributed by atoms with E-state index in [4.69, 9.17) is 0 Å². The highest BCUT2D eigenvalue weighted by Crippen LogP contribution is 2.38. The largest absolute Gasteiger partial charge is 0.344 e. The fourth-order valence-corrected chi connectivity index (χ4v) is 5.61. The molecule has 0 spiro atoms. The molecular weight excluding hydrogens is 538 g/mol. The van der Waals surface area contributed by atoms with Crippen LogP contribution in [0.15, 0.2) is 109 Å². The molecule has 0 radical (unpaired) electrons. The van der Waals surface area contributed by atoms with Crippen molar-refractivity contribution in [3.05, 3.63) is 127 Å². The number of benzene rings is 4. The lowest BCUT2D eigenvalue weighted by Gasteiger charge is -2.13. The average molecular weight is 575 g/mol. The molecule has 43 heavy (non-hydrogen) atoms. The molecule has 0 saturated carbocycles. The van der Waals surface area contributed by atoms with Crippen LogP contribution in [0.5, 0.6) is 0 Å². The summed E-state index contributed by atoms with van der Waals surface area (Å²) in [6, 6.07) is 30.3. The van der Waals surface area contributed by atoms with E-state index in [0.717, 1.165) is 38.9 Å². The van der Waals surface area contributed by atoms with Gasteiger partial charge >= 0.3 is 0 Å². The zero-order valence-electron chi connectivity index (χ0n) is 25.2. The Morgan fingerprint density at radius 2 is 1.21 bits per heavy atom. The molecule has 2 heterocycles. The van der Waals surface area contributed by atoms with Gasteiger partial charge < -0.3 is 9.13 Å². The van der Waals surface area contributed by atoms with Gasteiger partial charge in [-0.15, -0.1) is 0 Å². The predicted octanol–water partition coefficient (Wildman–Crippen LogP) is 10.7. The van der Waals surface area contributed by atoms with E-state index in [1.807, 2.05) is 36.4 Å². The second-order valence-electron chi connectivity index (χ2n) is 11.3. The lowest BCUT2D eigenvalue weighted by atomic mass is 10.0. The smallest absolute Gasteiger partial charge is 0.152 e. The standard InChI is InChI=1S/C21H20FNO.C17H16FN/c1-14(2)23-19-7-5-4-6-18(19)21(20(23)13-8-15(3)24)16-9-11-17(22)12-10-16;1-12(2)19-11-16(13-7-9-14(18)10-8-13)15-5-3-4-6-17(15)19/h4-14H,1-3H3;3-12H,1-2H3/b13-8+;. The summed E-state index contributed by atoms with van der Waals surface area (Å²) in [4.78, 5) is 11.5. The molecule has 0 unspecified atom stereocenters. The summed E-state index contributed by atoms with van der Waals surface area (Å²) < 4.78 is 30.9. The van der Waals surface area contributed by atoms with Crippen LogP contribution in [0.1, 0.15) is 52.4 Å². The molecule has 4 aromatic carbocycles. The number of allylic oxidation sites excluding steroid dienone is 1. The Labute approximate surface area is 251 Å². The molecule has 0 bridgehead atoms. The van der Waals surface area contributed by atoms with E-state index < -0.39 is 0 Å². The normalized spacial score (nSPS) is 11.6. The van der Waals surface area contributed by atoms with Crippen molar-refractivity contribution in [1.29, 1.82) is 0 Å². The first-order valence-electron chi connectivity index (χ1n) is 14.6. The van der Waals surface area contributed by atoms with Gasteiger partial charge in [0.2, 0.25) is 0 Å². The van der Waals surface area contributed by atoms with Crippen LogP contribution in [0.3, 0.4) is 0 Å². The first kappa shape index (κ1) is 29.7. The molecule has 5 heteroatoms. The summed E-state index contributed by atoms with van der Waals surface area (Å²) >= 11 is 0. The van der Waals surface area contributed by atoms with Gasteiger partial charge in [-0.2, -0.15) is 0 Å². The van der Waals surface area contributed by atoms with Crippen molar-refractivity contribution >= 4 is 33.7 Å². The maximum absolute atomic E-state index is 13.3. The minimum absolute atomic E-state index is 0.000573. The fraction of sp³-hybridized carbons (Fsp3) is 0.184. The van der Waals surface area contributed by atoms with Gasteiger partial charge in [0.15, 0.2) is 5.78 Å². The number of nitrogens with zero attached hydrogens (tertiary/aromatic N) is 2. The summed E-state index contributed by atoms with van der Waals surface area (Å²) in [6.07, 6.45) is 5.60. The van der Waals surface area contributed by atoms with Crippen molar-refractivity contribution in [2.75, 3.05) is 0 Å². The van der Waals surface area contributed by atoms with E-state index in [-0.39, 0.29) is 23.5 Å². The van der Waals surface area contributed by atoms with Gasteiger partial charge in [0.1, 0.15) is 11.6 Å². The Hall–Kier alpha value is -4.77. The third-order valence-corrected chi connectivity index (χ3v) is 7.53. The van der Waals surface area contributed by atoms with Crippen LogP contribution < -0.4 is 0 Å². The molecule has 0 atom stereocenters. The minimum Gasteiger partial charge on any atom is -0.344 e. The molecule has 0 amide bonds. The Balaban J connectivity index is 0.000000176. The maximum atomic E-state index is 13.3. The van der Waals surface area contributed by atoms with Crippen LogP contribution in [-0.2, 0) is 4.79 Å². The second-order valence-corrected chi connectivity index (χ2v) is 11.3. The number of aromatic nitrogens is 2. The van der Waals surface area contributed by atoms with Crippen LogP contribution in [0.4, 0.5) is 8.78 Å². The first-order chi connectivity index (χ1) is 20.7. The zero-order chi connectivity index (χ0) is 30.7. The number of rotatable bonds is 6. The quantitative estimate of drug-likeness (QED) is 0.182. The molecule has 6 rings (SSSR count). The maximum Gasteiger partial charge on any atom is 0.152 e. The number of halogens is 2. The molecular formula is C38H36F2N2O. The highest BCUT2D eigenvalue weighted by atomic mass is 19.1. The Bertz CT molecular complexity index is 1910. The van der Waals surface area contributed by atoms with E-state index in [1.165, 1.54) is 42.1 Å². The number of hydrogen-bond acceptors (Lipinski definition) is 1. The number of para-hydroxylation sites is 2. The number of carbonyl (C=O) groups excluding carboxylic acids is 1. The molecule has 0 aliphatic rings. The van der Waals surface area contributed by atoms with Gasteiger partial charge in [-0.3, -0.25) is 4.79 Å². The monoisotopic (exact) mass is 574 g/mol. The van der Waals surface area contributed by atoms with Crippen LogP contribution in [0.25, 0.3) is 50.1 Å². The lowest BCUT2D eigenvalue weighted by molar-refractivity contribution is -0.112. The van der Waals surface area contributed by atoms with Crippen molar-refractivity contribution in [2.24, 2.45) is 0 Å². The number of hydrogen-bond donors (Lipinski definition) is 0. The number of fused-ring (bicyclic) bond motifs is 2. The summed E-state index contributed by atoms with van der Waals surface area (Å²) in [5.74, 6) is -0.454.